The van der Waals surface area contributed by atoms with Gasteiger partial charge in [-0.05, 0) is 36.4 Å². The number of nitrogens with zero attached hydrogens (tertiary/aromatic N) is 2. The number of furan rings is 1. The number of hydrogen-bond acceptors (Lipinski definition) is 3. The van der Waals surface area contributed by atoms with Crippen LogP contribution in [0.1, 0.15) is 28.9 Å². The van der Waals surface area contributed by atoms with Gasteiger partial charge in [-0.25, -0.2) is 9.13 Å². The van der Waals surface area contributed by atoms with E-state index >= 15 is 0 Å². The van der Waals surface area contributed by atoms with Gasteiger partial charge in [0.2, 0.25) is 5.78 Å². The molecule has 0 bridgehead atoms. The molecular formula is C22H21BrN2O3. The fourth-order valence-corrected chi connectivity index (χ4v) is 3.37. The van der Waals surface area contributed by atoms with Gasteiger partial charge in [0.05, 0.1) is 0 Å². The lowest BCUT2D eigenvalue weighted by Gasteiger charge is -2.03. The number of aromatic hydroxyl groups is 1. The number of Topliss-reactive ketones (excluding diaryl/α,β-unsaturated/α-hetero) is 1. The number of benzene rings is 2. The highest BCUT2D eigenvalue weighted by atomic mass is 79.9. The first-order chi connectivity index (χ1) is 13.1. The van der Waals surface area contributed by atoms with Crippen molar-refractivity contribution >= 4 is 16.8 Å². The first-order valence-corrected chi connectivity index (χ1v) is 9.01. The maximum atomic E-state index is 12.5. The molecule has 5 nitrogen and oxygen atoms in total. The molecule has 0 atom stereocenters. The maximum absolute atomic E-state index is 12.5. The van der Waals surface area contributed by atoms with Gasteiger partial charge < -0.3 is 26.5 Å². The van der Waals surface area contributed by atoms with Crippen LogP contribution >= 0.6 is 0 Å². The molecule has 28 heavy (non-hydrogen) atoms. The summed E-state index contributed by atoms with van der Waals surface area (Å²) < 4.78 is 10.0. The van der Waals surface area contributed by atoms with Crippen LogP contribution < -0.4 is 21.5 Å². The molecule has 2 aromatic carbocycles. The largest absolute Gasteiger partial charge is 1.00 e. The highest BCUT2D eigenvalue weighted by molar-refractivity contribution is 5.95. The summed E-state index contributed by atoms with van der Waals surface area (Å²) in [6.07, 6.45) is 4.71. The molecule has 2 heterocycles. The second kappa shape index (κ2) is 8.44. The Hall–Kier alpha value is -2.86. The van der Waals surface area contributed by atoms with Gasteiger partial charge in [-0.15, -0.1) is 0 Å². The van der Waals surface area contributed by atoms with Crippen molar-refractivity contribution in [2.75, 3.05) is 0 Å². The third-order valence-electron chi connectivity index (χ3n) is 4.71. The Morgan fingerprint density at radius 1 is 1.14 bits per heavy atom. The molecule has 0 aliphatic rings. The van der Waals surface area contributed by atoms with Crippen LogP contribution in [-0.2, 0) is 19.5 Å². The number of halogens is 1. The van der Waals surface area contributed by atoms with Crippen molar-refractivity contribution in [1.82, 2.24) is 4.57 Å². The van der Waals surface area contributed by atoms with E-state index in [0.29, 0.717) is 12.1 Å². The van der Waals surface area contributed by atoms with Gasteiger partial charge in [0.15, 0.2) is 6.54 Å². The summed E-state index contributed by atoms with van der Waals surface area (Å²) in [5.74, 6) is 2.11. The number of phenols is 1. The van der Waals surface area contributed by atoms with Gasteiger partial charge in [0.1, 0.15) is 36.0 Å². The maximum Gasteiger partial charge on any atom is 0.256 e. The second-order valence-corrected chi connectivity index (χ2v) is 6.54. The van der Waals surface area contributed by atoms with Crippen molar-refractivity contribution in [3.8, 4) is 5.75 Å². The quantitative estimate of drug-likeness (QED) is 0.355. The number of hydrogen-bond donors (Lipinski definition) is 1. The van der Waals surface area contributed by atoms with Crippen molar-refractivity contribution < 1.29 is 35.9 Å². The molecule has 4 aromatic rings. The molecule has 0 saturated carbocycles. The Bertz CT molecular complexity index is 1060. The molecule has 4 rings (SSSR count). The van der Waals surface area contributed by atoms with Gasteiger partial charge in [-0.2, -0.15) is 0 Å². The summed E-state index contributed by atoms with van der Waals surface area (Å²) in [6.45, 7) is 2.96. The zero-order valence-electron chi connectivity index (χ0n) is 15.5. The molecule has 144 valence electrons. The third-order valence-corrected chi connectivity index (χ3v) is 4.71. The average Bonchev–Trinajstić information content (AvgIpc) is 3.25. The molecule has 0 amide bonds. The van der Waals surface area contributed by atoms with Gasteiger partial charge in [-0.3, -0.25) is 4.79 Å². The zero-order valence-corrected chi connectivity index (χ0v) is 17.1. The minimum Gasteiger partial charge on any atom is -1.00 e. The minimum absolute atomic E-state index is 0. The molecule has 1 N–H and O–H groups in total. The molecule has 2 aromatic heterocycles. The Labute approximate surface area is 173 Å². The number of aromatic nitrogens is 2. The van der Waals surface area contributed by atoms with E-state index in [2.05, 4.69) is 17.6 Å². The molecule has 0 aliphatic carbocycles. The normalized spacial score (nSPS) is 10.8. The molecule has 0 unspecified atom stereocenters. The van der Waals surface area contributed by atoms with Gasteiger partial charge >= 0.3 is 0 Å². The summed E-state index contributed by atoms with van der Waals surface area (Å²) in [7, 11) is 0. The van der Waals surface area contributed by atoms with Crippen molar-refractivity contribution in [1.29, 1.82) is 0 Å². The monoisotopic (exact) mass is 440 g/mol. The summed E-state index contributed by atoms with van der Waals surface area (Å²) in [6, 6.07) is 16.4. The van der Waals surface area contributed by atoms with Gasteiger partial charge in [-0.1, -0.05) is 25.1 Å². The third kappa shape index (κ3) is 4.02. The van der Waals surface area contributed by atoms with E-state index in [9.17, 15) is 9.90 Å². The number of carbonyl (C=O) groups excluding carboxylic acids is 1. The summed E-state index contributed by atoms with van der Waals surface area (Å²) in [5, 5.41) is 10.5. The number of carbonyl (C=O) groups is 1. The zero-order chi connectivity index (χ0) is 18.8. The van der Waals surface area contributed by atoms with E-state index in [-0.39, 0.29) is 35.1 Å². The second-order valence-electron chi connectivity index (χ2n) is 6.54. The minimum atomic E-state index is 0. The van der Waals surface area contributed by atoms with Crippen LogP contribution in [0.3, 0.4) is 0 Å². The van der Waals surface area contributed by atoms with E-state index in [0.717, 1.165) is 29.0 Å². The first-order valence-electron chi connectivity index (χ1n) is 9.01. The van der Waals surface area contributed by atoms with Crippen molar-refractivity contribution in [3.05, 3.63) is 84.1 Å². The van der Waals surface area contributed by atoms with E-state index in [1.165, 1.54) is 12.1 Å². The predicted molar refractivity (Wildman–Crippen MR) is 102 cm³/mol. The first kappa shape index (κ1) is 19.9. The highest BCUT2D eigenvalue weighted by Gasteiger charge is 2.20. The number of imidazole rings is 1. The van der Waals surface area contributed by atoms with Crippen LogP contribution in [0.15, 0.2) is 71.4 Å². The topological polar surface area (TPSA) is 59.2 Å². The average molecular weight is 441 g/mol. The Morgan fingerprint density at radius 2 is 1.89 bits per heavy atom. The number of ketones is 1. The van der Waals surface area contributed by atoms with Gasteiger partial charge in [0.25, 0.3) is 5.82 Å². The highest BCUT2D eigenvalue weighted by Crippen LogP contribution is 2.20. The summed E-state index contributed by atoms with van der Waals surface area (Å²) in [4.78, 5) is 12.5. The molecule has 0 aliphatic heterocycles. The predicted octanol–water partition coefficient (Wildman–Crippen LogP) is 0.725. The van der Waals surface area contributed by atoms with Crippen LogP contribution in [0, 0.1) is 0 Å². The fourth-order valence-electron chi connectivity index (χ4n) is 3.37. The smallest absolute Gasteiger partial charge is 0.256 e. The van der Waals surface area contributed by atoms with E-state index in [1.807, 2.05) is 41.2 Å². The molecule has 0 spiro atoms. The van der Waals surface area contributed by atoms with E-state index in [1.54, 1.807) is 12.1 Å². The van der Waals surface area contributed by atoms with Crippen molar-refractivity contribution in [3.63, 3.8) is 0 Å². The number of fused-ring (bicyclic) bond motifs is 1. The van der Waals surface area contributed by atoms with Crippen LogP contribution in [-0.4, -0.2) is 15.5 Å². The molecule has 0 radical (unpaired) electrons. The lowest BCUT2D eigenvalue weighted by molar-refractivity contribution is -0.690. The van der Waals surface area contributed by atoms with Crippen LogP contribution in [0.4, 0.5) is 0 Å². The number of rotatable bonds is 6. The number of para-hydroxylation sites is 1. The van der Waals surface area contributed by atoms with Crippen molar-refractivity contribution in [2.45, 2.75) is 26.4 Å². The van der Waals surface area contributed by atoms with Crippen LogP contribution in [0.25, 0.3) is 11.0 Å². The van der Waals surface area contributed by atoms with Gasteiger partial charge in [0, 0.05) is 17.4 Å². The SMILES string of the molecule is CCc1n(Cc2cc3ccccc3o2)cc[n+]1CC(=O)c1ccc(O)cc1.[Br-]. The standard InChI is InChI=1S/C22H20N2O3.BrH/c1-2-22-23(14-19-13-17-5-3-4-6-21(17)27-19)11-12-24(22)15-20(26)16-7-9-18(25)10-8-16;/h3-13H,2,14-15H2,1H3;1H. The van der Waals surface area contributed by atoms with Crippen molar-refractivity contribution in [2.24, 2.45) is 0 Å². The molecule has 0 saturated heterocycles. The lowest BCUT2D eigenvalue weighted by Crippen LogP contribution is -3.00. The van der Waals surface area contributed by atoms with E-state index < -0.39 is 0 Å². The van der Waals surface area contributed by atoms with Crippen LogP contribution in [0.5, 0.6) is 5.75 Å². The molecule has 6 heteroatoms. The fraction of sp³-hybridized carbons (Fsp3) is 0.182. The molecule has 0 fully saturated rings. The summed E-state index contributed by atoms with van der Waals surface area (Å²) in [5.41, 5.74) is 1.47. The Balaban J connectivity index is 0.00000225. The van der Waals surface area contributed by atoms with E-state index in [4.69, 9.17) is 4.42 Å². The lowest BCUT2D eigenvalue weighted by atomic mass is 10.1. The molecular weight excluding hydrogens is 420 g/mol. The number of phenolic OH excluding ortho intramolecular Hbond substituents is 1. The Morgan fingerprint density at radius 3 is 2.61 bits per heavy atom. The Kier molecular flexibility index (Phi) is 5.99. The summed E-state index contributed by atoms with van der Waals surface area (Å²) >= 11 is 0. The van der Waals surface area contributed by atoms with Crippen LogP contribution in [0.2, 0.25) is 0 Å².